The average molecular weight is 470 g/mol. The number of halogens is 1. The van der Waals surface area contributed by atoms with Crippen LogP contribution in [0.4, 0.5) is 5.69 Å². The van der Waals surface area contributed by atoms with E-state index in [0.29, 0.717) is 5.91 Å². The maximum absolute atomic E-state index is 13.6. The van der Waals surface area contributed by atoms with E-state index in [1.807, 2.05) is 26.0 Å². The van der Waals surface area contributed by atoms with Crippen molar-refractivity contribution in [3.63, 3.8) is 0 Å². The summed E-state index contributed by atoms with van der Waals surface area (Å²) in [5, 5.41) is 4.05. The Bertz CT molecular complexity index is 628. The Morgan fingerprint density at radius 1 is 1.08 bits per heavy atom. The molecule has 0 atom stereocenters. The molecule has 141 valence electrons. The molecule has 1 aliphatic heterocycles. The number of carbonyl (C=O) groups is 1. The van der Waals surface area contributed by atoms with Crippen LogP contribution in [0.1, 0.15) is 63.0 Å². The Morgan fingerprint density at radius 3 is 2.04 bits per heavy atom. The molecule has 3 rings (SSSR count). The van der Waals surface area contributed by atoms with Crippen LogP contribution in [0, 0.1) is 13.8 Å². The second kappa shape index (κ2) is 9.34. The summed E-state index contributed by atoms with van der Waals surface area (Å²) in [6.45, 7) is 6.43. The SMILES string of the molecule is CC[P+]1(C2(C(=O)Nc3c(C)cc(Cl)cc3C)CCC2)CCCCCC1.[Y]. The van der Waals surface area contributed by atoms with Gasteiger partial charge in [-0.1, -0.05) is 11.6 Å². The molecule has 2 aliphatic rings. The Morgan fingerprint density at radius 2 is 1.62 bits per heavy atom. The van der Waals surface area contributed by atoms with Crippen LogP contribution in [-0.2, 0) is 37.5 Å². The first kappa shape index (κ1) is 22.8. The van der Waals surface area contributed by atoms with E-state index in [0.717, 1.165) is 34.7 Å². The van der Waals surface area contributed by atoms with Crippen molar-refractivity contribution in [3.8, 4) is 0 Å². The third-order valence-electron chi connectivity index (χ3n) is 6.77. The first-order chi connectivity index (χ1) is 11.9. The molecule has 1 aromatic rings. The molecule has 2 fully saturated rings. The van der Waals surface area contributed by atoms with Gasteiger partial charge in [0.25, 0.3) is 5.91 Å². The summed E-state index contributed by atoms with van der Waals surface area (Å²) < 4.78 is 0. The first-order valence-electron chi connectivity index (χ1n) is 9.88. The van der Waals surface area contributed by atoms with Gasteiger partial charge < -0.3 is 5.32 Å². The van der Waals surface area contributed by atoms with Crippen molar-refractivity contribution in [1.29, 1.82) is 0 Å². The zero-order valence-corrected chi connectivity index (χ0v) is 21.0. The molecule has 1 aliphatic carbocycles. The summed E-state index contributed by atoms with van der Waals surface area (Å²) in [6.07, 6.45) is 12.7. The van der Waals surface area contributed by atoms with Crippen LogP contribution >= 0.6 is 18.9 Å². The average Bonchev–Trinajstić information content (AvgIpc) is 2.76. The zero-order chi connectivity index (χ0) is 18.1. The fourth-order valence-electron chi connectivity index (χ4n) is 5.11. The molecule has 1 aromatic carbocycles. The van der Waals surface area contributed by atoms with Gasteiger partial charge in [0.15, 0.2) is 5.16 Å². The van der Waals surface area contributed by atoms with E-state index in [9.17, 15) is 4.79 Å². The Balaban J connectivity index is 0.00000243. The number of benzene rings is 1. The van der Waals surface area contributed by atoms with Crippen LogP contribution in [0.25, 0.3) is 0 Å². The van der Waals surface area contributed by atoms with Gasteiger partial charge in [-0.25, -0.2) is 0 Å². The largest absolute Gasteiger partial charge is 0.322 e. The summed E-state index contributed by atoms with van der Waals surface area (Å²) in [5.41, 5.74) is 3.11. The number of nitrogens with one attached hydrogen (secondary N) is 1. The summed E-state index contributed by atoms with van der Waals surface area (Å²) in [7, 11) is -1.22. The number of hydrogen-bond donors (Lipinski definition) is 1. The predicted molar refractivity (Wildman–Crippen MR) is 112 cm³/mol. The van der Waals surface area contributed by atoms with Crippen molar-refractivity contribution >= 4 is 30.5 Å². The van der Waals surface area contributed by atoms with E-state index in [2.05, 4.69) is 12.2 Å². The Hall–Kier alpha value is 0.514. The molecule has 2 nitrogen and oxygen atoms in total. The second-order valence-electron chi connectivity index (χ2n) is 8.08. The smallest absolute Gasteiger partial charge is 0.268 e. The maximum atomic E-state index is 13.6. The van der Waals surface area contributed by atoms with Crippen LogP contribution in [0.15, 0.2) is 12.1 Å². The van der Waals surface area contributed by atoms with Crippen LogP contribution in [0.3, 0.4) is 0 Å². The van der Waals surface area contributed by atoms with Gasteiger partial charge in [0.2, 0.25) is 0 Å². The number of carbonyl (C=O) groups excluding carboxylic acids is 1. The molecule has 0 bridgehead atoms. The van der Waals surface area contributed by atoms with Crippen LogP contribution in [0.5, 0.6) is 0 Å². The quantitative estimate of drug-likeness (QED) is 0.506. The molecule has 5 heteroatoms. The molecule has 1 saturated carbocycles. The number of anilines is 1. The molecular weight excluding hydrogens is 438 g/mol. The summed E-state index contributed by atoms with van der Waals surface area (Å²) in [6, 6.07) is 3.90. The van der Waals surface area contributed by atoms with E-state index in [1.54, 1.807) is 0 Å². The normalized spacial score (nSPS) is 21.1. The number of amides is 1. The van der Waals surface area contributed by atoms with E-state index < -0.39 is 7.26 Å². The molecule has 1 amide bonds. The third-order valence-corrected chi connectivity index (χ3v) is 13.0. The molecule has 1 radical (unpaired) electrons. The molecule has 26 heavy (non-hydrogen) atoms. The minimum absolute atomic E-state index is 0. The van der Waals surface area contributed by atoms with E-state index in [-0.39, 0.29) is 37.9 Å². The zero-order valence-electron chi connectivity index (χ0n) is 16.5. The summed E-state index contributed by atoms with van der Waals surface area (Å²) in [4.78, 5) is 13.6. The van der Waals surface area contributed by atoms with Gasteiger partial charge in [0, 0.05) is 50.7 Å². The molecule has 1 saturated heterocycles. The summed E-state index contributed by atoms with van der Waals surface area (Å²) >= 11 is 6.16. The first-order valence-corrected chi connectivity index (χ1v) is 12.6. The maximum Gasteiger partial charge on any atom is 0.268 e. The topological polar surface area (TPSA) is 29.1 Å². The van der Waals surface area contributed by atoms with Crippen molar-refractivity contribution in [3.05, 3.63) is 28.3 Å². The Labute approximate surface area is 189 Å². The van der Waals surface area contributed by atoms with Crippen LogP contribution in [-0.4, -0.2) is 29.5 Å². The van der Waals surface area contributed by atoms with Gasteiger partial charge in [0.1, 0.15) is 0 Å². The van der Waals surface area contributed by atoms with Crippen LogP contribution in [0.2, 0.25) is 5.02 Å². The van der Waals surface area contributed by atoms with Crippen LogP contribution < -0.4 is 5.32 Å². The standard InChI is InChI=1S/C21H31ClNOP.Y/c1-4-25(12-7-5-6-8-13-25)21(10-9-11-21)20(24)23-19-16(2)14-18(22)15-17(19)3;/h14-15H,4-13H2,1-3H3;/p+1. The van der Waals surface area contributed by atoms with E-state index in [4.69, 9.17) is 11.6 Å². The van der Waals surface area contributed by atoms with Crippen molar-refractivity contribution in [2.24, 2.45) is 0 Å². The molecule has 1 N–H and O–H groups in total. The monoisotopic (exact) mass is 469 g/mol. The molecular formula is C21H32ClNOPY+. The van der Waals surface area contributed by atoms with Crippen molar-refractivity contribution in [1.82, 2.24) is 0 Å². The molecule has 1 heterocycles. The second-order valence-corrected chi connectivity index (χ2v) is 13.2. The van der Waals surface area contributed by atoms with Gasteiger partial charge in [-0.05, 0) is 89.0 Å². The van der Waals surface area contributed by atoms with Gasteiger partial charge >= 0.3 is 0 Å². The fourth-order valence-corrected chi connectivity index (χ4v) is 11.2. The number of hydrogen-bond acceptors (Lipinski definition) is 1. The van der Waals surface area contributed by atoms with Gasteiger partial charge in [-0.15, -0.1) is 0 Å². The molecule has 0 spiro atoms. The van der Waals surface area contributed by atoms with Crippen molar-refractivity contribution in [2.75, 3.05) is 23.8 Å². The van der Waals surface area contributed by atoms with E-state index >= 15 is 0 Å². The predicted octanol–water partition coefficient (Wildman–Crippen LogP) is 6.43. The Kier molecular flexibility index (Phi) is 8.19. The minimum atomic E-state index is -1.22. The van der Waals surface area contributed by atoms with E-state index in [1.165, 1.54) is 50.6 Å². The molecule has 0 unspecified atom stereocenters. The third kappa shape index (κ3) is 4.10. The molecule has 0 aromatic heterocycles. The minimum Gasteiger partial charge on any atom is -0.322 e. The van der Waals surface area contributed by atoms with Gasteiger partial charge in [-0.2, -0.15) is 0 Å². The fraction of sp³-hybridized carbons (Fsp3) is 0.667. The van der Waals surface area contributed by atoms with Gasteiger partial charge in [-0.3, -0.25) is 4.79 Å². The summed E-state index contributed by atoms with van der Waals surface area (Å²) in [5.74, 6) is 0.310. The van der Waals surface area contributed by atoms with Crippen molar-refractivity contribution < 1.29 is 37.5 Å². The van der Waals surface area contributed by atoms with Gasteiger partial charge in [0.05, 0.1) is 18.5 Å². The number of aryl methyl sites for hydroxylation is 2. The number of rotatable bonds is 4. The van der Waals surface area contributed by atoms with Crippen molar-refractivity contribution in [2.45, 2.75) is 70.9 Å².